The summed E-state index contributed by atoms with van der Waals surface area (Å²) in [6, 6.07) is 25.1. The van der Waals surface area contributed by atoms with E-state index in [0.29, 0.717) is 16.3 Å². The lowest BCUT2D eigenvalue weighted by molar-refractivity contribution is -0.118. The Labute approximate surface area is 210 Å². The highest BCUT2D eigenvalue weighted by molar-refractivity contribution is 9.10. The molecule has 0 unspecified atom stereocenters. The maximum atomic E-state index is 12.8. The van der Waals surface area contributed by atoms with Gasteiger partial charge in [-0.05, 0) is 36.2 Å². The standard InChI is InChI=1S/C27H22BrNO4S/c1-17-24(19-12-14-20(28)15-13-19)25(27(31)32-2)26(34-17)29-23(30)16-33-22-11-7-6-10-21(22)18-8-4-3-5-9-18/h3-15H,16H2,1-2H3,(H,29,30). The van der Waals surface area contributed by atoms with Crippen LogP contribution >= 0.6 is 27.3 Å². The fourth-order valence-corrected chi connectivity index (χ4v) is 4.99. The predicted molar refractivity (Wildman–Crippen MR) is 140 cm³/mol. The van der Waals surface area contributed by atoms with E-state index in [1.165, 1.54) is 18.4 Å². The fourth-order valence-electron chi connectivity index (χ4n) is 3.65. The third-order valence-electron chi connectivity index (χ3n) is 5.19. The van der Waals surface area contributed by atoms with Crippen molar-refractivity contribution in [2.45, 2.75) is 6.92 Å². The molecule has 1 aromatic heterocycles. The van der Waals surface area contributed by atoms with E-state index in [2.05, 4.69) is 21.2 Å². The van der Waals surface area contributed by atoms with Crippen LogP contribution in [0.1, 0.15) is 15.2 Å². The number of amides is 1. The first kappa shape index (κ1) is 23.7. The summed E-state index contributed by atoms with van der Waals surface area (Å²) in [6.45, 7) is 1.71. The summed E-state index contributed by atoms with van der Waals surface area (Å²) in [4.78, 5) is 26.4. The van der Waals surface area contributed by atoms with Crippen LogP contribution in [0, 0.1) is 6.92 Å². The summed E-state index contributed by atoms with van der Waals surface area (Å²) in [7, 11) is 1.33. The van der Waals surface area contributed by atoms with Crippen LogP contribution in [0.5, 0.6) is 5.75 Å². The Balaban J connectivity index is 1.56. The van der Waals surface area contributed by atoms with Gasteiger partial charge in [-0.15, -0.1) is 11.3 Å². The van der Waals surface area contributed by atoms with Crippen LogP contribution in [-0.4, -0.2) is 25.6 Å². The molecule has 1 N–H and O–H groups in total. The van der Waals surface area contributed by atoms with Crippen LogP contribution in [0.4, 0.5) is 5.00 Å². The summed E-state index contributed by atoms with van der Waals surface area (Å²) < 4.78 is 11.8. The Morgan fingerprint density at radius 2 is 1.59 bits per heavy atom. The molecule has 0 bridgehead atoms. The van der Waals surface area contributed by atoms with E-state index in [0.717, 1.165) is 31.6 Å². The van der Waals surface area contributed by atoms with E-state index < -0.39 is 5.97 Å². The zero-order chi connectivity index (χ0) is 24.1. The van der Waals surface area contributed by atoms with Gasteiger partial charge in [-0.1, -0.05) is 76.6 Å². The van der Waals surface area contributed by atoms with E-state index in [1.807, 2.05) is 85.8 Å². The lowest BCUT2D eigenvalue weighted by Crippen LogP contribution is -2.21. The summed E-state index contributed by atoms with van der Waals surface area (Å²) in [5.41, 5.74) is 3.85. The molecule has 0 saturated heterocycles. The number of thiophene rings is 1. The number of hydrogen-bond donors (Lipinski definition) is 1. The molecule has 0 aliphatic rings. The average molecular weight is 536 g/mol. The summed E-state index contributed by atoms with van der Waals surface area (Å²) in [5, 5.41) is 3.28. The number of carbonyl (C=O) groups is 2. The number of halogens is 1. The quantitative estimate of drug-likeness (QED) is 0.260. The van der Waals surface area contributed by atoms with Crippen LogP contribution < -0.4 is 10.1 Å². The molecule has 5 nitrogen and oxygen atoms in total. The largest absolute Gasteiger partial charge is 0.483 e. The van der Waals surface area contributed by atoms with Gasteiger partial charge >= 0.3 is 5.97 Å². The first-order chi connectivity index (χ1) is 16.5. The number of para-hydroxylation sites is 1. The van der Waals surface area contributed by atoms with E-state index in [9.17, 15) is 9.59 Å². The van der Waals surface area contributed by atoms with E-state index in [4.69, 9.17) is 9.47 Å². The molecule has 34 heavy (non-hydrogen) atoms. The molecule has 4 aromatic rings. The highest BCUT2D eigenvalue weighted by Gasteiger charge is 2.25. The van der Waals surface area contributed by atoms with Gasteiger partial charge in [0.1, 0.15) is 16.3 Å². The molecule has 0 radical (unpaired) electrons. The number of ether oxygens (including phenoxy) is 2. The van der Waals surface area contributed by atoms with Gasteiger partial charge in [0, 0.05) is 20.5 Å². The lowest BCUT2D eigenvalue weighted by Gasteiger charge is -2.12. The Morgan fingerprint density at radius 3 is 2.29 bits per heavy atom. The minimum absolute atomic E-state index is 0.199. The van der Waals surface area contributed by atoms with Gasteiger partial charge in [-0.2, -0.15) is 0 Å². The van der Waals surface area contributed by atoms with E-state index in [1.54, 1.807) is 0 Å². The lowest BCUT2D eigenvalue weighted by atomic mass is 10.0. The molecule has 0 spiro atoms. The molecule has 0 fully saturated rings. The molecular formula is C27H22BrNO4S. The highest BCUT2D eigenvalue weighted by Crippen LogP contribution is 2.40. The topological polar surface area (TPSA) is 64.6 Å². The summed E-state index contributed by atoms with van der Waals surface area (Å²) >= 11 is 4.77. The second-order valence-electron chi connectivity index (χ2n) is 7.43. The van der Waals surface area contributed by atoms with Crippen molar-refractivity contribution in [1.29, 1.82) is 0 Å². The first-order valence-electron chi connectivity index (χ1n) is 10.5. The second-order valence-corrected chi connectivity index (χ2v) is 9.58. The Bertz CT molecular complexity index is 1320. The molecular weight excluding hydrogens is 514 g/mol. The van der Waals surface area contributed by atoms with Gasteiger partial charge in [0.2, 0.25) is 0 Å². The first-order valence-corrected chi connectivity index (χ1v) is 12.1. The monoisotopic (exact) mass is 535 g/mol. The SMILES string of the molecule is COC(=O)c1c(NC(=O)COc2ccccc2-c2ccccc2)sc(C)c1-c1ccc(Br)cc1. The number of aryl methyl sites for hydroxylation is 1. The predicted octanol–water partition coefficient (Wildman–Crippen LogP) is 6.96. The van der Waals surface area contributed by atoms with Crippen molar-refractivity contribution in [3.8, 4) is 28.0 Å². The van der Waals surface area contributed by atoms with Crippen LogP contribution in [0.3, 0.4) is 0 Å². The van der Waals surface area contributed by atoms with Crippen molar-refractivity contribution in [1.82, 2.24) is 0 Å². The second kappa shape index (κ2) is 10.7. The van der Waals surface area contributed by atoms with Crippen LogP contribution in [-0.2, 0) is 9.53 Å². The van der Waals surface area contributed by atoms with Crippen LogP contribution in [0.25, 0.3) is 22.3 Å². The van der Waals surface area contributed by atoms with Crippen molar-refractivity contribution < 1.29 is 19.1 Å². The Hall–Kier alpha value is -3.42. The normalized spacial score (nSPS) is 10.6. The maximum absolute atomic E-state index is 12.8. The molecule has 0 atom stereocenters. The fraction of sp³-hybridized carbons (Fsp3) is 0.111. The maximum Gasteiger partial charge on any atom is 0.341 e. The number of nitrogens with one attached hydrogen (secondary N) is 1. The zero-order valence-electron chi connectivity index (χ0n) is 18.6. The third kappa shape index (κ3) is 5.21. The Morgan fingerprint density at radius 1 is 0.912 bits per heavy atom. The number of anilines is 1. The number of benzene rings is 3. The highest BCUT2D eigenvalue weighted by atomic mass is 79.9. The third-order valence-corrected chi connectivity index (χ3v) is 6.74. The molecule has 0 saturated carbocycles. The summed E-state index contributed by atoms with van der Waals surface area (Å²) in [6.07, 6.45) is 0. The van der Waals surface area contributed by atoms with Crippen molar-refractivity contribution in [3.63, 3.8) is 0 Å². The van der Waals surface area contributed by atoms with Crippen molar-refractivity contribution >= 4 is 44.1 Å². The minimum atomic E-state index is -0.507. The van der Waals surface area contributed by atoms with E-state index >= 15 is 0 Å². The van der Waals surface area contributed by atoms with Gasteiger partial charge in [0.25, 0.3) is 5.91 Å². The molecule has 0 aliphatic heterocycles. The number of carbonyl (C=O) groups excluding carboxylic acids is 2. The smallest absolute Gasteiger partial charge is 0.341 e. The van der Waals surface area contributed by atoms with Crippen LogP contribution in [0.15, 0.2) is 83.3 Å². The van der Waals surface area contributed by atoms with Crippen LogP contribution in [0.2, 0.25) is 0 Å². The van der Waals surface area contributed by atoms with Gasteiger partial charge < -0.3 is 14.8 Å². The molecule has 3 aromatic carbocycles. The van der Waals surface area contributed by atoms with Gasteiger partial charge in [0.05, 0.1) is 7.11 Å². The van der Waals surface area contributed by atoms with Crippen molar-refractivity contribution in [3.05, 3.63) is 93.8 Å². The number of hydrogen-bond acceptors (Lipinski definition) is 5. The van der Waals surface area contributed by atoms with Crippen molar-refractivity contribution in [2.24, 2.45) is 0 Å². The molecule has 4 rings (SSSR count). The van der Waals surface area contributed by atoms with E-state index in [-0.39, 0.29) is 12.5 Å². The number of methoxy groups -OCH3 is 1. The molecule has 172 valence electrons. The Kier molecular flexibility index (Phi) is 7.45. The zero-order valence-corrected chi connectivity index (χ0v) is 21.0. The molecule has 1 amide bonds. The molecule has 1 heterocycles. The number of rotatable bonds is 7. The minimum Gasteiger partial charge on any atom is -0.483 e. The number of esters is 1. The average Bonchev–Trinajstić information content (AvgIpc) is 3.18. The molecule has 0 aliphatic carbocycles. The van der Waals surface area contributed by atoms with Gasteiger partial charge in [-0.3, -0.25) is 4.79 Å². The molecule has 7 heteroatoms. The summed E-state index contributed by atoms with van der Waals surface area (Å²) in [5.74, 6) is -0.264. The van der Waals surface area contributed by atoms with Gasteiger partial charge in [-0.25, -0.2) is 4.79 Å². The van der Waals surface area contributed by atoms with Crippen molar-refractivity contribution in [2.75, 3.05) is 19.0 Å². The van der Waals surface area contributed by atoms with Gasteiger partial charge in [0.15, 0.2) is 6.61 Å².